The Morgan fingerprint density at radius 1 is 1.02 bits per heavy atom. The number of aryl methyl sites for hydroxylation is 1. The van der Waals surface area contributed by atoms with E-state index >= 15 is 4.39 Å². The summed E-state index contributed by atoms with van der Waals surface area (Å²) in [6, 6.07) is 21.4. The van der Waals surface area contributed by atoms with Crippen LogP contribution in [0.5, 0.6) is 5.75 Å². The van der Waals surface area contributed by atoms with Crippen LogP contribution in [-0.2, 0) is 16.0 Å². The van der Waals surface area contributed by atoms with Crippen LogP contribution in [0.25, 0.3) is 50.2 Å². The summed E-state index contributed by atoms with van der Waals surface area (Å²) in [4.78, 5) is 22.3. The highest BCUT2D eigenvalue weighted by Gasteiger charge is 2.34. The molecule has 238 valence electrons. The van der Waals surface area contributed by atoms with Crippen LogP contribution in [0.2, 0.25) is 0 Å². The summed E-state index contributed by atoms with van der Waals surface area (Å²) in [5.41, 5.74) is 7.35. The molecule has 47 heavy (non-hydrogen) atoms. The standard InChI is InChI=1S/C38H35FN4O4/c1-21-27-13-9-15-46-35(27)29(39)18-28(21)34-33(36(37(44)45)47-38(3,4)5)22(2)41-32-19-31(42-43(32)34)25-12-8-11-23(16-25)26-17-24-10-6-7-14-30(24)40-20-26/h6-8,10-12,14,16-20,36H,9,13,15H2,1-5H3,(H,44,45). The third-order valence-corrected chi connectivity index (χ3v) is 8.56. The molecule has 8 nitrogen and oxygen atoms in total. The largest absolute Gasteiger partial charge is 0.490 e. The minimum absolute atomic E-state index is 0.253. The number of pyridine rings is 1. The fourth-order valence-electron chi connectivity index (χ4n) is 6.42. The number of hydrogen-bond donors (Lipinski definition) is 1. The quantitative estimate of drug-likeness (QED) is 0.198. The number of aliphatic carboxylic acids is 1. The number of fused-ring (bicyclic) bond motifs is 3. The van der Waals surface area contributed by atoms with Gasteiger partial charge in [-0.1, -0.05) is 36.4 Å². The molecule has 1 atom stereocenters. The first kappa shape index (κ1) is 30.5. The van der Waals surface area contributed by atoms with Crippen molar-refractivity contribution in [3.8, 4) is 39.4 Å². The summed E-state index contributed by atoms with van der Waals surface area (Å²) in [5, 5.41) is 16.5. The lowest BCUT2D eigenvalue weighted by molar-refractivity contribution is -0.160. The van der Waals surface area contributed by atoms with Gasteiger partial charge in [-0.05, 0) is 82.9 Å². The SMILES string of the molecule is Cc1nc2cc(-c3cccc(-c4cnc5ccccc5c4)c3)nn2c(-c2cc(F)c3c(c2C)CCCO3)c1C(OC(C)(C)C)C(=O)O. The molecule has 1 unspecified atom stereocenters. The van der Waals surface area contributed by atoms with Crippen molar-refractivity contribution in [1.29, 1.82) is 0 Å². The van der Waals surface area contributed by atoms with Crippen LogP contribution in [-0.4, -0.2) is 42.9 Å². The number of carboxylic acids is 1. The van der Waals surface area contributed by atoms with Gasteiger partial charge in [0, 0.05) is 51.2 Å². The Hall–Kier alpha value is -5.15. The van der Waals surface area contributed by atoms with Gasteiger partial charge in [0.05, 0.1) is 29.1 Å². The number of ether oxygens (including phenoxy) is 2. The average Bonchev–Trinajstić information content (AvgIpc) is 3.48. The van der Waals surface area contributed by atoms with Gasteiger partial charge in [-0.25, -0.2) is 18.7 Å². The van der Waals surface area contributed by atoms with Crippen molar-refractivity contribution < 1.29 is 23.8 Å². The number of rotatable bonds is 6. The second-order valence-corrected chi connectivity index (χ2v) is 13.0. The van der Waals surface area contributed by atoms with E-state index in [9.17, 15) is 9.90 Å². The van der Waals surface area contributed by atoms with Crippen LogP contribution in [0.4, 0.5) is 4.39 Å². The third-order valence-electron chi connectivity index (χ3n) is 8.56. The molecular formula is C38H35FN4O4. The minimum Gasteiger partial charge on any atom is -0.490 e. The van der Waals surface area contributed by atoms with E-state index in [1.54, 1.807) is 32.2 Å². The Kier molecular flexibility index (Phi) is 7.51. The van der Waals surface area contributed by atoms with E-state index in [-0.39, 0.29) is 5.75 Å². The van der Waals surface area contributed by atoms with E-state index < -0.39 is 23.5 Å². The molecule has 6 aromatic rings. The maximum atomic E-state index is 15.7. The van der Waals surface area contributed by atoms with Crippen LogP contribution in [0.1, 0.15) is 55.7 Å². The molecule has 4 heterocycles. The van der Waals surface area contributed by atoms with Crippen molar-refractivity contribution in [1.82, 2.24) is 19.6 Å². The predicted octanol–water partition coefficient (Wildman–Crippen LogP) is 8.30. The van der Waals surface area contributed by atoms with Crippen molar-refractivity contribution in [3.63, 3.8) is 0 Å². The second-order valence-electron chi connectivity index (χ2n) is 13.0. The molecule has 0 radical (unpaired) electrons. The zero-order chi connectivity index (χ0) is 33.0. The summed E-state index contributed by atoms with van der Waals surface area (Å²) in [6.07, 6.45) is 1.89. The smallest absolute Gasteiger partial charge is 0.337 e. The van der Waals surface area contributed by atoms with Gasteiger partial charge in [0.15, 0.2) is 23.3 Å². The normalized spacial score (nSPS) is 13.8. The molecule has 0 saturated heterocycles. The second kappa shape index (κ2) is 11.6. The maximum absolute atomic E-state index is 15.7. The van der Waals surface area contributed by atoms with Crippen LogP contribution in [0, 0.1) is 19.7 Å². The van der Waals surface area contributed by atoms with Gasteiger partial charge in [-0.3, -0.25) is 4.98 Å². The molecule has 0 aliphatic carbocycles. The highest BCUT2D eigenvalue weighted by atomic mass is 19.1. The van der Waals surface area contributed by atoms with E-state index in [1.807, 2.05) is 67.7 Å². The Bertz CT molecular complexity index is 2200. The maximum Gasteiger partial charge on any atom is 0.337 e. The first-order chi connectivity index (χ1) is 22.5. The van der Waals surface area contributed by atoms with Gasteiger partial charge < -0.3 is 14.6 Å². The Morgan fingerprint density at radius 3 is 2.60 bits per heavy atom. The summed E-state index contributed by atoms with van der Waals surface area (Å²) >= 11 is 0. The van der Waals surface area contributed by atoms with Crippen LogP contribution in [0.3, 0.4) is 0 Å². The number of carbonyl (C=O) groups is 1. The molecule has 3 aromatic carbocycles. The van der Waals surface area contributed by atoms with Crippen molar-refractivity contribution in [2.45, 2.75) is 59.2 Å². The number of carboxylic acid groups (broad SMARTS) is 1. The minimum atomic E-state index is -1.38. The van der Waals surface area contributed by atoms with Gasteiger partial charge in [0.2, 0.25) is 0 Å². The van der Waals surface area contributed by atoms with E-state index in [0.717, 1.165) is 45.1 Å². The molecule has 7 rings (SSSR count). The highest BCUT2D eigenvalue weighted by Crippen LogP contribution is 2.42. The zero-order valence-corrected chi connectivity index (χ0v) is 27.0. The summed E-state index contributed by atoms with van der Waals surface area (Å²) < 4.78 is 29.2. The van der Waals surface area contributed by atoms with Crippen molar-refractivity contribution in [3.05, 3.63) is 101 Å². The number of halogens is 1. The molecular weight excluding hydrogens is 595 g/mol. The molecule has 0 bridgehead atoms. The number of para-hydroxylation sites is 1. The Balaban J connectivity index is 1.45. The van der Waals surface area contributed by atoms with Crippen molar-refractivity contribution in [2.24, 2.45) is 0 Å². The number of benzene rings is 3. The van der Waals surface area contributed by atoms with Crippen LogP contribution < -0.4 is 4.74 Å². The monoisotopic (exact) mass is 630 g/mol. The number of hydrogen-bond acceptors (Lipinski definition) is 6. The van der Waals surface area contributed by atoms with Crippen LogP contribution >= 0.6 is 0 Å². The van der Waals surface area contributed by atoms with Gasteiger partial charge in [0.25, 0.3) is 0 Å². The lowest BCUT2D eigenvalue weighted by Crippen LogP contribution is -2.29. The highest BCUT2D eigenvalue weighted by molar-refractivity contribution is 5.85. The molecule has 0 fully saturated rings. The lowest BCUT2D eigenvalue weighted by Gasteiger charge is -2.28. The molecule has 1 N–H and O–H groups in total. The van der Waals surface area contributed by atoms with Crippen LogP contribution in [0.15, 0.2) is 72.9 Å². The Morgan fingerprint density at radius 2 is 1.81 bits per heavy atom. The zero-order valence-electron chi connectivity index (χ0n) is 27.0. The molecule has 1 aliphatic rings. The third kappa shape index (κ3) is 5.61. The summed E-state index contributed by atoms with van der Waals surface area (Å²) in [5.74, 6) is -1.42. The summed E-state index contributed by atoms with van der Waals surface area (Å²) in [6.45, 7) is 9.52. The molecule has 1 aliphatic heterocycles. The molecule has 0 saturated carbocycles. The fraction of sp³-hybridized carbons (Fsp3) is 0.263. The summed E-state index contributed by atoms with van der Waals surface area (Å²) in [7, 11) is 0. The van der Waals surface area contributed by atoms with E-state index in [4.69, 9.17) is 19.6 Å². The van der Waals surface area contributed by atoms with Gasteiger partial charge in [0.1, 0.15) is 0 Å². The fourth-order valence-corrected chi connectivity index (χ4v) is 6.42. The van der Waals surface area contributed by atoms with Gasteiger partial charge >= 0.3 is 5.97 Å². The topological polar surface area (TPSA) is 98.8 Å². The van der Waals surface area contributed by atoms with Gasteiger partial charge in [-0.2, -0.15) is 5.10 Å². The first-order valence-electron chi connectivity index (χ1n) is 15.7. The first-order valence-corrected chi connectivity index (χ1v) is 15.7. The lowest BCUT2D eigenvalue weighted by atomic mass is 9.91. The van der Waals surface area contributed by atoms with Gasteiger partial charge in [-0.15, -0.1) is 0 Å². The Labute approximate surface area is 271 Å². The predicted molar refractivity (Wildman–Crippen MR) is 179 cm³/mol. The number of aromatic nitrogens is 4. The molecule has 0 amide bonds. The average molecular weight is 631 g/mol. The van der Waals surface area contributed by atoms with Crippen molar-refractivity contribution >= 4 is 22.5 Å². The molecule has 0 spiro atoms. The van der Waals surface area contributed by atoms with E-state index in [2.05, 4.69) is 11.1 Å². The van der Waals surface area contributed by atoms with E-state index in [1.165, 1.54) is 6.07 Å². The molecule has 9 heteroatoms. The number of nitrogens with zero attached hydrogens (tertiary/aromatic N) is 4. The van der Waals surface area contributed by atoms with Crippen molar-refractivity contribution in [2.75, 3.05) is 6.61 Å². The molecule has 3 aromatic heterocycles. The van der Waals surface area contributed by atoms with E-state index in [0.29, 0.717) is 46.9 Å².